The van der Waals surface area contributed by atoms with Crippen molar-refractivity contribution in [2.45, 2.75) is 32.4 Å². The molecule has 2 heterocycles. The van der Waals surface area contributed by atoms with Crippen LogP contribution >= 0.6 is 0 Å². The molecule has 1 saturated heterocycles. The van der Waals surface area contributed by atoms with Crippen LogP contribution in [0.3, 0.4) is 0 Å². The van der Waals surface area contributed by atoms with Crippen LogP contribution in [-0.2, 0) is 0 Å². The summed E-state index contributed by atoms with van der Waals surface area (Å²) in [6.45, 7) is 4.73. The quantitative estimate of drug-likeness (QED) is 0.587. The fraction of sp³-hybridized carbons (Fsp3) is 0.800. The minimum absolute atomic E-state index is 0.625. The van der Waals surface area contributed by atoms with Gasteiger partial charge in [-0.2, -0.15) is 0 Å². The summed E-state index contributed by atoms with van der Waals surface area (Å²) in [4.78, 5) is 2.46. The second-order valence-electron chi connectivity index (χ2n) is 4.04. The molecule has 0 aromatic heterocycles. The Labute approximate surface area is 74.6 Å². The lowest BCUT2D eigenvalue weighted by Gasteiger charge is -2.38. The first kappa shape index (κ1) is 8.11. The standard InChI is InChI=1S/C10H18N2/c1-9-7-11-10-5-3-2-4-6-12(10)8-9/h4,6,9-11H,2-3,5,7-8H2,1H3. The third kappa shape index (κ3) is 1.63. The Morgan fingerprint density at radius 2 is 2.42 bits per heavy atom. The zero-order valence-electron chi connectivity index (χ0n) is 7.79. The normalized spacial score (nSPS) is 35.9. The average molecular weight is 166 g/mol. The largest absolute Gasteiger partial charge is 0.362 e. The van der Waals surface area contributed by atoms with Crippen LogP contribution in [-0.4, -0.2) is 24.2 Å². The van der Waals surface area contributed by atoms with Crippen molar-refractivity contribution in [3.63, 3.8) is 0 Å². The van der Waals surface area contributed by atoms with E-state index in [2.05, 4.69) is 29.4 Å². The van der Waals surface area contributed by atoms with Crippen LogP contribution in [0, 0.1) is 5.92 Å². The molecule has 0 aromatic carbocycles. The minimum atomic E-state index is 0.625. The van der Waals surface area contributed by atoms with Crippen LogP contribution < -0.4 is 5.32 Å². The van der Waals surface area contributed by atoms with Gasteiger partial charge in [0, 0.05) is 13.1 Å². The Morgan fingerprint density at radius 3 is 3.33 bits per heavy atom. The van der Waals surface area contributed by atoms with Gasteiger partial charge in [0.05, 0.1) is 6.17 Å². The molecule has 2 aliphatic rings. The van der Waals surface area contributed by atoms with Gasteiger partial charge >= 0.3 is 0 Å². The molecule has 0 spiro atoms. The topological polar surface area (TPSA) is 15.3 Å². The van der Waals surface area contributed by atoms with Crippen molar-refractivity contribution >= 4 is 0 Å². The Balaban J connectivity index is 2.02. The van der Waals surface area contributed by atoms with Gasteiger partial charge in [0.2, 0.25) is 0 Å². The van der Waals surface area contributed by atoms with Gasteiger partial charge in [-0.25, -0.2) is 0 Å². The molecule has 1 N–H and O–H groups in total. The first-order chi connectivity index (χ1) is 5.86. The van der Waals surface area contributed by atoms with Crippen molar-refractivity contribution in [3.8, 4) is 0 Å². The molecule has 2 rings (SSSR count). The predicted molar refractivity (Wildman–Crippen MR) is 50.7 cm³/mol. The smallest absolute Gasteiger partial charge is 0.0790 e. The molecule has 2 nitrogen and oxygen atoms in total. The number of fused-ring (bicyclic) bond motifs is 1. The van der Waals surface area contributed by atoms with E-state index >= 15 is 0 Å². The van der Waals surface area contributed by atoms with E-state index in [0.29, 0.717) is 6.17 Å². The van der Waals surface area contributed by atoms with Crippen LogP contribution in [0.4, 0.5) is 0 Å². The lowest BCUT2D eigenvalue weighted by molar-refractivity contribution is 0.148. The molecule has 2 heteroatoms. The summed E-state index contributed by atoms with van der Waals surface area (Å²) < 4.78 is 0. The Kier molecular flexibility index (Phi) is 2.35. The van der Waals surface area contributed by atoms with Gasteiger partial charge in [0.25, 0.3) is 0 Å². The second-order valence-corrected chi connectivity index (χ2v) is 4.04. The molecule has 0 bridgehead atoms. The van der Waals surface area contributed by atoms with Crippen LogP contribution in [0.15, 0.2) is 12.3 Å². The van der Waals surface area contributed by atoms with Crippen LogP contribution in [0.5, 0.6) is 0 Å². The zero-order chi connectivity index (χ0) is 8.39. The molecule has 0 aromatic rings. The van der Waals surface area contributed by atoms with E-state index in [4.69, 9.17) is 0 Å². The molecule has 0 aliphatic carbocycles. The molecule has 0 saturated carbocycles. The lowest BCUT2D eigenvalue weighted by atomic mass is 10.1. The maximum atomic E-state index is 3.59. The highest BCUT2D eigenvalue weighted by molar-refractivity contribution is 4.92. The maximum absolute atomic E-state index is 3.59. The van der Waals surface area contributed by atoms with E-state index in [1.54, 1.807) is 0 Å². The van der Waals surface area contributed by atoms with E-state index in [9.17, 15) is 0 Å². The van der Waals surface area contributed by atoms with E-state index < -0.39 is 0 Å². The van der Waals surface area contributed by atoms with Gasteiger partial charge in [0.15, 0.2) is 0 Å². The summed E-state index contributed by atoms with van der Waals surface area (Å²) in [6, 6.07) is 0. The summed E-state index contributed by atoms with van der Waals surface area (Å²) in [5.41, 5.74) is 0. The molecular weight excluding hydrogens is 148 g/mol. The van der Waals surface area contributed by atoms with Crippen molar-refractivity contribution in [2.24, 2.45) is 5.92 Å². The Bertz CT molecular complexity index is 177. The van der Waals surface area contributed by atoms with Gasteiger partial charge in [-0.05, 0) is 31.4 Å². The third-order valence-corrected chi connectivity index (χ3v) is 2.77. The summed E-state index contributed by atoms with van der Waals surface area (Å²) >= 11 is 0. The highest BCUT2D eigenvalue weighted by atomic mass is 15.3. The van der Waals surface area contributed by atoms with Gasteiger partial charge < -0.3 is 4.90 Å². The van der Waals surface area contributed by atoms with Crippen molar-refractivity contribution in [3.05, 3.63) is 12.3 Å². The molecule has 0 radical (unpaired) electrons. The zero-order valence-corrected chi connectivity index (χ0v) is 7.79. The van der Waals surface area contributed by atoms with Gasteiger partial charge in [-0.1, -0.05) is 13.0 Å². The van der Waals surface area contributed by atoms with Crippen LogP contribution in [0.2, 0.25) is 0 Å². The molecule has 12 heavy (non-hydrogen) atoms. The van der Waals surface area contributed by atoms with Crippen LogP contribution in [0.25, 0.3) is 0 Å². The number of allylic oxidation sites excluding steroid dienone is 1. The third-order valence-electron chi connectivity index (χ3n) is 2.77. The summed E-state index contributed by atoms with van der Waals surface area (Å²) in [5, 5.41) is 3.59. The summed E-state index contributed by atoms with van der Waals surface area (Å²) in [5.74, 6) is 0.795. The molecule has 2 aliphatic heterocycles. The summed E-state index contributed by atoms with van der Waals surface area (Å²) in [6.07, 6.45) is 9.10. The van der Waals surface area contributed by atoms with Crippen molar-refractivity contribution < 1.29 is 0 Å². The number of nitrogens with one attached hydrogen (secondary N) is 1. The fourth-order valence-electron chi connectivity index (χ4n) is 2.08. The Hall–Kier alpha value is -0.500. The first-order valence-electron chi connectivity index (χ1n) is 5.02. The summed E-state index contributed by atoms with van der Waals surface area (Å²) in [7, 11) is 0. The van der Waals surface area contributed by atoms with Gasteiger partial charge in [-0.15, -0.1) is 0 Å². The van der Waals surface area contributed by atoms with Gasteiger partial charge in [0.1, 0.15) is 0 Å². The molecule has 1 fully saturated rings. The van der Waals surface area contributed by atoms with E-state index in [0.717, 1.165) is 5.92 Å². The number of nitrogens with zero attached hydrogens (tertiary/aromatic N) is 1. The van der Waals surface area contributed by atoms with Crippen LogP contribution in [0.1, 0.15) is 26.2 Å². The monoisotopic (exact) mass is 166 g/mol. The van der Waals surface area contributed by atoms with Crippen molar-refractivity contribution in [2.75, 3.05) is 13.1 Å². The SMILES string of the molecule is CC1CNC2CCCC=CN2C1. The fourth-order valence-corrected chi connectivity index (χ4v) is 2.08. The van der Waals surface area contributed by atoms with E-state index in [1.165, 1.54) is 32.4 Å². The number of hydrogen-bond acceptors (Lipinski definition) is 2. The maximum Gasteiger partial charge on any atom is 0.0790 e. The van der Waals surface area contributed by atoms with Crippen molar-refractivity contribution in [1.82, 2.24) is 10.2 Å². The number of rotatable bonds is 0. The van der Waals surface area contributed by atoms with Gasteiger partial charge in [-0.3, -0.25) is 5.32 Å². The molecule has 2 unspecified atom stereocenters. The molecular formula is C10H18N2. The number of hydrogen-bond donors (Lipinski definition) is 1. The van der Waals surface area contributed by atoms with Crippen molar-refractivity contribution in [1.29, 1.82) is 0 Å². The van der Waals surface area contributed by atoms with E-state index in [-0.39, 0.29) is 0 Å². The highest BCUT2D eigenvalue weighted by Gasteiger charge is 2.23. The second kappa shape index (κ2) is 3.48. The molecule has 68 valence electrons. The Morgan fingerprint density at radius 1 is 1.50 bits per heavy atom. The molecule has 0 amide bonds. The average Bonchev–Trinajstić information content (AvgIpc) is 2.28. The predicted octanol–water partition coefficient (Wildman–Crippen LogP) is 1.55. The lowest BCUT2D eigenvalue weighted by Crippen LogP contribution is -2.51. The first-order valence-corrected chi connectivity index (χ1v) is 5.02. The molecule has 2 atom stereocenters. The highest BCUT2D eigenvalue weighted by Crippen LogP contribution is 2.18. The minimum Gasteiger partial charge on any atom is -0.362 e. The van der Waals surface area contributed by atoms with E-state index in [1.807, 2.05) is 0 Å².